The highest BCUT2D eigenvalue weighted by molar-refractivity contribution is 5.87. The van der Waals surface area contributed by atoms with E-state index < -0.39 is 5.97 Å². The number of hydrogen-bond donors (Lipinski definition) is 2. The van der Waals surface area contributed by atoms with Crippen LogP contribution in [-0.2, 0) is 0 Å². The first-order chi connectivity index (χ1) is 10.6. The molecule has 0 aliphatic carbocycles. The third kappa shape index (κ3) is 4.41. The molecule has 22 heavy (non-hydrogen) atoms. The van der Waals surface area contributed by atoms with E-state index in [9.17, 15) is 4.79 Å². The monoisotopic (exact) mass is 297 g/mol. The van der Waals surface area contributed by atoms with Crippen molar-refractivity contribution in [2.75, 3.05) is 5.32 Å². The molecule has 0 radical (unpaired) electrons. The summed E-state index contributed by atoms with van der Waals surface area (Å²) < 4.78 is 0. The Kier molecular flexibility index (Phi) is 5.25. The fraction of sp³-hybridized carbons (Fsp3) is 0.235. The predicted molar refractivity (Wildman–Crippen MR) is 87.4 cm³/mol. The molecular formula is C17H19N3O2. The van der Waals surface area contributed by atoms with Crippen LogP contribution < -0.4 is 5.32 Å². The van der Waals surface area contributed by atoms with Gasteiger partial charge in [0, 0.05) is 11.7 Å². The lowest BCUT2D eigenvalue weighted by atomic mass is 10.2. The van der Waals surface area contributed by atoms with Crippen molar-refractivity contribution in [3.05, 3.63) is 54.1 Å². The number of benzene rings is 2. The van der Waals surface area contributed by atoms with Gasteiger partial charge in [-0.25, -0.2) is 4.79 Å². The predicted octanol–water partition coefficient (Wildman–Crippen LogP) is 5.01. The molecule has 0 fully saturated rings. The second kappa shape index (κ2) is 7.36. The smallest absolute Gasteiger partial charge is 0.335 e. The summed E-state index contributed by atoms with van der Waals surface area (Å²) in [6.07, 6.45) is 1.06. The topological polar surface area (TPSA) is 74.0 Å². The van der Waals surface area contributed by atoms with Gasteiger partial charge < -0.3 is 10.4 Å². The average Bonchev–Trinajstić information content (AvgIpc) is 2.54. The third-order valence-corrected chi connectivity index (χ3v) is 3.29. The normalized spacial score (nSPS) is 12.3. The molecule has 0 bridgehead atoms. The van der Waals surface area contributed by atoms with Crippen molar-refractivity contribution in [1.29, 1.82) is 0 Å². The Morgan fingerprint density at radius 2 is 1.55 bits per heavy atom. The summed E-state index contributed by atoms with van der Waals surface area (Å²) in [5, 5.41) is 20.4. The van der Waals surface area contributed by atoms with Gasteiger partial charge in [0.05, 0.1) is 16.9 Å². The van der Waals surface area contributed by atoms with Gasteiger partial charge in [-0.3, -0.25) is 0 Å². The van der Waals surface area contributed by atoms with E-state index in [4.69, 9.17) is 5.11 Å². The van der Waals surface area contributed by atoms with Gasteiger partial charge in [-0.05, 0) is 61.9 Å². The summed E-state index contributed by atoms with van der Waals surface area (Å²) in [6, 6.07) is 14.4. The first-order valence-corrected chi connectivity index (χ1v) is 7.20. The Morgan fingerprint density at radius 1 is 1.05 bits per heavy atom. The fourth-order valence-electron chi connectivity index (χ4n) is 1.80. The molecule has 0 aliphatic heterocycles. The number of rotatable bonds is 6. The van der Waals surface area contributed by atoms with Crippen molar-refractivity contribution < 1.29 is 9.90 Å². The van der Waals surface area contributed by atoms with Gasteiger partial charge >= 0.3 is 5.97 Å². The molecule has 0 heterocycles. The van der Waals surface area contributed by atoms with E-state index in [0.717, 1.165) is 17.8 Å². The maximum atomic E-state index is 10.8. The van der Waals surface area contributed by atoms with Gasteiger partial charge in [-0.2, -0.15) is 10.2 Å². The molecule has 2 aromatic rings. The van der Waals surface area contributed by atoms with E-state index in [0.29, 0.717) is 11.7 Å². The van der Waals surface area contributed by atoms with Crippen LogP contribution in [0.4, 0.5) is 17.1 Å². The molecule has 5 heteroatoms. The van der Waals surface area contributed by atoms with E-state index >= 15 is 0 Å². The standard InChI is InChI=1S/C17H19N3O2/c1-3-12(2)18-14-8-10-16(11-9-14)20-19-15-6-4-13(5-7-15)17(21)22/h4-12,18H,3H2,1-2H3,(H,21,22)/t12-/m1/s1. The van der Waals surface area contributed by atoms with Gasteiger partial charge in [0.15, 0.2) is 0 Å². The molecule has 0 saturated carbocycles. The number of hydrogen-bond acceptors (Lipinski definition) is 4. The van der Waals surface area contributed by atoms with Crippen molar-refractivity contribution in [3.8, 4) is 0 Å². The summed E-state index contributed by atoms with van der Waals surface area (Å²) in [7, 11) is 0. The number of carboxylic acids is 1. The van der Waals surface area contributed by atoms with Crippen molar-refractivity contribution in [2.24, 2.45) is 10.2 Å². The highest BCUT2D eigenvalue weighted by atomic mass is 16.4. The summed E-state index contributed by atoms with van der Waals surface area (Å²) in [5.41, 5.74) is 2.65. The average molecular weight is 297 g/mol. The Balaban J connectivity index is 2.02. The molecule has 2 aromatic carbocycles. The zero-order valence-electron chi connectivity index (χ0n) is 12.7. The highest BCUT2D eigenvalue weighted by Gasteiger charge is 2.01. The molecule has 0 aromatic heterocycles. The molecule has 0 saturated heterocycles. The van der Waals surface area contributed by atoms with Crippen LogP contribution in [0.1, 0.15) is 30.6 Å². The first kappa shape index (κ1) is 15.7. The van der Waals surface area contributed by atoms with Crippen LogP contribution >= 0.6 is 0 Å². The molecule has 5 nitrogen and oxygen atoms in total. The molecule has 0 spiro atoms. The lowest BCUT2D eigenvalue weighted by Crippen LogP contribution is -2.12. The molecule has 2 rings (SSSR count). The van der Waals surface area contributed by atoms with E-state index in [1.165, 1.54) is 12.1 Å². The van der Waals surface area contributed by atoms with Gasteiger partial charge in [-0.1, -0.05) is 6.92 Å². The minimum Gasteiger partial charge on any atom is -0.478 e. The Labute approximate surface area is 129 Å². The number of nitrogens with one attached hydrogen (secondary N) is 1. The molecule has 0 aliphatic rings. The summed E-state index contributed by atoms with van der Waals surface area (Å²) in [4.78, 5) is 10.8. The largest absolute Gasteiger partial charge is 0.478 e. The van der Waals surface area contributed by atoms with Crippen LogP contribution in [-0.4, -0.2) is 17.1 Å². The van der Waals surface area contributed by atoms with E-state index in [2.05, 4.69) is 29.4 Å². The van der Waals surface area contributed by atoms with Crippen molar-refractivity contribution in [3.63, 3.8) is 0 Å². The summed E-state index contributed by atoms with van der Waals surface area (Å²) >= 11 is 0. The number of carboxylic acid groups (broad SMARTS) is 1. The van der Waals surface area contributed by atoms with Crippen molar-refractivity contribution in [1.82, 2.24) is 0 Å². The number of carbonyl (C=O) groups is 1. The second-order valence-electron chi connectivity index (χ2n) is 5.05. The Hall–Kier alpha value is -2.69. The van der Waals surface area contributed by atoms with Crippen molar-refractivity contribution >= 4 is 23.0 Å². The van der Waals surface area contributed by atoms with Crippen LogP contribution in [0.3, 0.4) is 0 Å². The zero-order chi connectivity index (χ0) is 15.9. The second-order valence-corrected chi connectivity index (χ2v) is 5.05. The molecular weight excluding hydrogens is 278 g/mol. The molecule has 2 N–H and O–H groups in total. The minimum absolute atomic E-state index is 0.236. The maximum Gasteiger partial charge on any atom is 0.335 e. The van der Waals surface area contributed by atoms with Crippen LogP contribution in [0.15, 0.2) is 58.8 Å². The van der Waals surface area contributed by atoms with Crippen molar-refractivity contribution in [2.45, 2.75) is 26.3 Å². The van der Waals surface area contributed by atoms with E-state index in [1.807, 2.05) is 24.3 Å². The SMILES string of the molecule is CC[C@@H](C)Nc1ccc(N=Nc2ccc(C(=O)O)cc2)cc1. The van der Waals surface area contributed by atoms with Crippen LogP contribution in [0.25, 0.3) is 0 Å². The Morgan fingerprint density at radius 3 is 2.00 bits per heavy atom. The van der Waals surface area contributed by atoms with E-state index in [1.54, 1.807) is 12.1 Å². The maximum absolute atomic E-state index is 10.8. The summed E-state index contributed by atoms with van der Waals surface area (Å²) in [6.45, 7) is 4.27. The minimum atomic E-state index is -0.951. The number of nitrogens with zero attached hydrogens (tertiary/aromatic N) is 2. The zero-order valence-corrected chi connectivity index (χ0v) is 12.7. The highest BCUT2D eigenvalue weighted by Crippen LogP contribution is 2.21. The molecule has 1 atom stereocenters. The molecule has 114 valence electrons. The van der Waals surface area contributed by atoms with Crippen LogP contribution in [0, 0.1) is 0 Å². The third-order valence-electron chi connectivity index (χ3n) is 3.29. The first-order valence-electron chi connectivity index (χ1n) is 7.20. The number of azo groups is 1. The molecule has 0 amide bonds. The van der Waals surface area contributed by atoms with Gasteiger partial charge in [0.25, 0.3) is 0 Å². The number of aromatic carboxylic acids is 1. The lowest BCUT2D eigenvalue weighted by molar-refractivity contribution is 0.0697. The quantitative estimate of drug-likeness (QED) is 0.736. The van der Waals surface area contributed by atoms with Gasteiger partial charge in [0.2, 0.25) is 0 Å². The fourth-order valence-corrected chi connectivity index (χ4v) is 1.80. The van der Waals surface area contributed by atoms with Crippen LogP contribution in [0.5, 0.6) is 0 Å². The van der Waals surface area contributed by atoms with E-state index in [-0.39, 0.29) is 5.56 Å². The summed E-state index contributed by atoms with van der Waals surface area (Å²) in [5.74, 6) is -0.951. The van der Waals surface area contributed by atoms with Gasteiger partial charge in [0.1, 0.15) is 0 Å². The van der Waals surface area contributed by atoms with Gasteiger partial charge in [-0.15, -0.1) is 0 Å². The number of anilines is 1. The Bertz CT molecular complexity index is 649. The lowest BCUT2D eigenvalue weighted by Gasteiger charge is -2.12. The van der Waals surface area contributed by atoms with Crippen LogP contribution in [0.2, 0.25) is 0 Å². The molecule has 0 unspecified atom stereocenters.